The highest BCUT2D eigenvalue weighted by molar-refractivity contribution is 5.99. The van der Waals surface area contributed by atoms with Crippen LogP contribution in [0.2, 0.25) is 0 Å². The van der Waals surface area contributed by atoms with Crippen molar-refractivity contribution in [2.45, 2.75) is 32.1 Å². The Morgan fingerprint density at radius 2 is 1.47 bits per heavy atom. The molecule has 4 fully saturated rings. The number of carbonyl (C=O) groups excluding carboxylic acids is 3. The number of aliphatic carboxylic acids is 1. The molecule has 4 bridgehead atoms. The first-order chi connectivity index (χ1) is 8.99. The topological polar surface area (TPSA) is 88.5 Å². The second kappa shape index (κ2) is 3.52. The summed E-state index contributed by atoms with van der Waals surface area (Å²) in [6.45, 7) is 0. The second-order valence-corrected chi connectivity index (χ2v) is 6.55. The zero-order valence-corrected chi connectivity index (χ0v) is 10.5. The Morgan fingerprint density at radius 1 is 0.947 bits per heavy atom. The van der Waals surface area contributed by atoms with Crippen LogP contribution < -0.4 is 0 Å². The Balaban J connectivity index is 2.28. The molecule has 1 N–H and O–H groups in total. The molecule has 19 heavy (non-hydrogen) atoms. The summed E-state index contributed by atoms with van der Waals surface area (Å²) in [5.41, 5.74) is -4.15. The van der Waals surface area contributed by atoms with Gasteiger partial charge in [0.2, 0.25) is 0 Å². The van der Waals surface area contributed by atoms with Crippen LogP contribution in [0.1, 0.15) is 32.1 Å². The minimum atomic E-state index is -1.68. The maximum absolute atomic E-state index is 11.8. The van der Waals surface area contributed by atoms with E-state index in [2.05, 4.69) is 0 Å². The van der Waals surface area contributed by atoms with Crippen molar-refractivity contribution in [1.29, 1.82) is 0 Å². The fourth-order valence-electron chi connectivity index (χ4n) is 5.32. The van der Waals surface area contributed by atoms with Gasteiger partial charge in [-0.3, -0.25) is 4.79 Å². The van der Waals surface area contributed by atoms with Crippen LogP contribution in [-0.4, -0.2) is 29.9 Å². The highest BCUT2D eigenvalue weighted by atomic mass is 16.4. The predicted octanol–water partition coefficient (Wildman–Crippen LogP) is 0.851. The zero-order chi connectivity index (χ0) is 13.9. The fourth-order valence-corrected chi connectivity index (χ4v) is 5.32. The number of aldehydes is 3. The second-order valence-electron chi connectivity index (χ2n) is 6.55. The minimum absolute atomic E-state index is 0.141. The van der Waals surface area contributed by atoms with Gasteiger partial charge in [-0.25, -0.2) is 0 Å². The van der Waals surface area contributed by atoms with E-state index in [1.54, 1.807) is 0 Å². The molecule has 0 aliphatic heterocycles. The summed E-state index contributed by atoms with van der Waals surface area (Å²) in [7, 11) is 0. The van der Waals surface area contributed by atoms with Crippen LogP contribution in [0.4, 0.5) is 0 Å². The Bertz CT molecular complexity index is 458. The molecule has 0 spiro atoms. The lowest BCUT2D eigenvalue weighted by molar-refractivity contribution is -0.215. The van der Waals surface area contributed by atoms with Gasteiger partial charge in [-0.05, 0) is 43.9 Å². The molecule has 2 atom stereocenters. The van der Waals surface area contributed by atoms with Crippen molar-refractivity contribution in [1.82, 2.24) is 0 Å². The third-order valence-electron chi connectivity index (χ3n) is 5.87. The minimum Gasteiger partial charge on any atom is -0.481 e. The van der Waals surface area contributed by atoms with E-state index < -0.39 is 22.2 Å². The van der Waals surface area contributed by atoms with Crippen LogP contribution in [0.15, 0.2) is 0 Å². The Morgan fingerprint density at radius 3 is 1.84 bits per heavy atom. The predicted molar refractivity (Wildman–Crippen MR) is 63.2 cm³/mol. The lowest BCUT2D eigenvalue weighted by Gasteiger charge is -2.65. The van der Waals surface area contributed by atoms with E-state index >= 15 is 0 Å². The van der Waals surface area contributed by atoms with Gasteiger partial charge < -0.3 is 19.5 Å². The van der Waals surface area contributed by atoms with Gasteiger partial charge in [0.15, 0.2) is 0 Å². The SMILES string of the molecule is O=CC12CC3CC(C1)CC(C(=O)O)(C3)C2(C=O)C=O. The first-order valence-electron chi connectivity index (χ1n) is 6.61. The maximum Gasteiger partial charge on any atom is 0.311 e. The Labute approximate surface area is 110 Å². The molecule has 0 aromatic carbocycles. The van der Waals surface area contributed by atoms with E-state index in [1.807, 2.05) is 0 Å². The van der Waals surface area contributed by atoms with Crippen LogP contribution in [0.25, 0.3) is 0 Å². The number of hydrogen-bond donors (Lipinski definition) is 1. The van der Waals surface area contributed by atoms with Crippen LogP contribution in [0.3, 0.4) is 0 Å². The zero-order valence-electron chi connectivity index (χ0n) is 10.5. The summed E-state index contributed by atoms with van der Waals surface area (Å²) >= 11 is 0. The van der Waals surface area contributed by atoms with Gasteiger partial charge in [-0.2, -0.15) is 0 Å². The van der Waals surface area contributed by atoms with Crippen LogP contribution in [0, 0.1) is 28.1 Å². The molecular formula is C14H16O5. The summed E-state index contributed by atoms with van der Waals surface area (Å²) in [5, 5.41) is 9.65. The number of carboxylic acids is 1. The Kier molecular flexibility index (Phi) is 2.32. The van der Waals surface area contributed by atoms with Gasteiger partial charge in [0.05, 0.1) is 5.41 Å². The van der Waals surface area contributed by atoms with Gasteiger partial charge in [0, 0.05) is 5.41 Å². The van der Waals surface area contributed by atoms with Crippen molar-refractivity contribution in [3.8, 4) is 0 Å². The largest absolute Gasteiger partial charge is 0.481 e. The molecule has 4 aliphatic carbocycles. The number of hydrogen-bond acceptors (Lipinski definition) is 4. The van der Waals surface area contributed by atoms with Crippen molar-refractivity contribution in [3.05, 3.63) is 0 Å². The number of carbonyl (C=O) groups is 4. The molecule has 5 heteroatoms. The molecule has 4 rings (SSSR count). The molecule has 2 unspecified atom stereocenters. The molecule has 102 valence electrons. The molecule has 0 amide bonds. The molecule has 5 nitrogen and oxygen atoms in total. The quantitative estimate of drug-likeness (QED) is 0.600. The third kappa shape index (κ3) is 1.12. The normalized spacial score (nSPS) is 45.7. The maximum atomic E-state index is 11.8. The molecule has 4 saturated carbocycles. The molecule has 0 saturated heterocycles. The van der Waals surface area contributed by atoms with Crippen LogP contribution >= 0.6 is 0 Å². The number of carboxylic acid groups (broad SMARTS) is 1. The first kappa shape index (κ1) is 12.5. The molecule has 0 heterocycles. The summed E-state index contributed by atoms with van der Waals surface area (Å²) in [4.78, 5) is 46.8. The van der Waals surface area contributed by atoms with Crippen molar-refractivity contribution >= 4 is 24.8 Å². The monoisotopic (exact) mass is 264 g/mol. The number of rotatable bonds is 4. The van der Waals surface area contributed by atoms with Gasteiger partial charge in [-0.1, -0.05) is 0 Å². The van der Waals surface area contributed by atoms with Gasteiger partial charge in [0.1, 0.15) is 24.3 Å². The van der Waals surface area contributed by atoms with Crippen molar-refractivity contribution in [2.24, 2.45) is 28.1 Å². The van der Waals surface area contributed by atoms with Crippen LogP contribution in [0.5, 0.6) is 0 Å². The van der Waals surface area contributed by atoms with Crippen molar-refractivity contribution < 1.29 is 24.3 Å². The summed E-state index contributed by atoms with van der Waals surface area (Å²) in [6, 6.07) is 0. The van der Waals surface area contributed by atoms with Crippen LogP contribution in [-0.2, 0) is 19.2 Å². The average molecular weight is 264 g/mol. The van der Waals surface area contributed by atoms with Crippen molar-refractivity contribution in [3.63, 3.8) is 0 Å². The third-order valence-corrected chi connectivity index (χ3v) is 5.87. The molecule has 0 radical (unpaired) electrons. The molecular weight excluding hydrogens is 248 g/mol. The highest BCUT2D eigenvalue weighted by Crippen LogP contribution is 2.71. The molecule has 4 aliphatic rings. The van der Waals surface area contributed by atoms with Crippen molar-refractivity contribution in [2.75, 3.05) is 0 Å². The molecule has 0 aromatic rings. The van der Waals surface area contributed by atoms with E-state index in [9.17, 15) is 24.3 Å². The average Bonchev–Trinajstić information content (AvgIpc) is 2.38. The van der Waals surface area contributed by atoms with Gasteiger partial charge in [-0.15, -0.1) is 0 Å². The van der Waals surface area contributed by atoms with E-state index in [1.165, 1.54) is 0 Å². The standard InChI is InChI=1S/C14H16O5/c15-6-12-2-9-1-10(3-12)5-13(4-9,11(18)19)14(12,7-16)8-17/h6-10H,1-5H2,(H,18,19). The van der Waals surface area contributed by atoms with E-state index in [0.717, 1.165) is 6.42 Å². The fraction of sp³-hybridized carbons (Fsp3) is 0.714. The highest BCUT2D eigenvalue weighted by Gasteiger charge is 2.75. The smallest absolute Gasteiger partial charge is 0.311 e. The lowest BCUT2D eigenvalue weighted by Crippen LogP contribution is -2.70. The summed E-state index contributed by atoms with van der Waals surface area (Å²) in [6.07, 6.45) is 4.11. The van der Waals surface area contributed by atoms with E-state index in [-0.39, 0.29) is 11.8 Å². The lowest BCUT2D eigenvalue weighted by atomic mass is 9.34. The first-order valence-corrected chi connectivity index (χ1v) is 6.61. The van der Waals surface area contributed by atoms with Gasteiger partial charge in [0.25, 0.3) is 0 Å². The van der Waals surface area contributed by atoms with E-state index in [0.29, 0.717) is 44.5 Å². The molecule has 0 aromatic heterocycles. The summed E-state index contributed by atoms with van der Waals surface area (Å²) in [5.74, 6) is -0.823. The van der Waals surface area contributed by atoms with Gasteiger partial charge >= 0.3 is 5.97 Å². The Hall–Kier alpha value is -1.52. The van der Waals surface area contributed by atoms with E-state index in [4.69, 9.17) is 0 Å². The summed E-state index contributed by atoms with van der Waals surface area (Å²) < 4.78 is 0.